The maximum atomic E-state index is 3.68. The van der Waals surface area contributed by atoms with Gasteiger partial charge >= 0.3 is 0 Å². The maximum Gasteiger partial charge on any atom is 0.0237 e. The van der Waals surface area contributed by atoms with Gasteiger partial charge in [0, 0.05) is 25.7 Å². The zero-order valence-corrected chi connectivity index (χ0v) is 11.4. The molecule has 0 saturated carbocycles. The molecule has 2 saturated heterocycles. The second kappa shape index (κ2) is 5.41. The zero-order chi connectivity index (χ0) is 12.4. The monoisotopic (exact) mass is 244 g/mol. The van der Waals surface area contributed by atoms with Crippen molar-refractivity contribution < 1.29 is 0 Å². The predicted molar refractivity (Wildman–Crippen MR) is 75.6 cm³/mol. The number of rotatable bonds is 3. The molecule has 2 heteroatoms. The van der Waals surface area contributed by atoms with Crippen LogP contribution in [0.1, 0.15) is 30.9 Å². The van der Waals surface area contributed by atoms with Crippen LogP contribution in [0.3, 0.4) is 0 Å². The number of likely N-dealkylation sites (tertiary alicyclic amines) is 1. The number of fused-ring (bicyclic) bond motifs is 1. The molecule has 1 aromatic rings. The summed E-state index contributed by atoms with van der Waals surface area (Å²) in [5.41, 5.74) is 3.04. The van der Waals surface area contributed by atoms with Crippen LogP contribution in [0.25, 0.3) is 0 Å². The van der Waals surface area contributed by atoms with Crippen LogP contribution in [0.2, 0.25) is 0 Å². The quantitative estimate of drug-likeness (QED) is 0.878. The van der Waals surface area contributed by atoms with E-state index in [1.807, 2.05) is 0 Å². The fraction of sp³-hybridized carbons (Fsp3) is 0.625. The van der Waals surface area contributed by atoms with E-state index in [0.717, 1.165) is 24.9 Å². The van der Waals surface area contributed by atoms with E-state index in [1.165, 1.54) is 43.6 Å². The van der Waals surface area contributed by atoms with Gasteiger partial charge in [0.15, 0.2) is 0 Å². The summed E-state index contributed by atoms with van der Waals surface area (Å²) in [5.74, 6) is 0.896. The lowest BCUT2D eigenvalue weighted by atomic mass is 9.94. The van der Waals surface area contributed by atoms with Crippen LogP contribution >= 0.6 is 0 Å². The molecule has 2 atom stereocenters. The summed E-state index contributed by atoms with van der Waals surface area (Å²) in [6.07, 6.45) is 3.93. The molecule has 0 aliphatic carbocycles. The molecular weight excluding hydrogens is 220 g/mol. The lowest BCUT2D eigenvalue weighted by molar-refractivity contribution is 0.312. The molecule has 0 bridgehead atoms. The first kappa shape index (κ1) is 12.2. The summed E-state index contributed by atoms with van der Waals surface area (Å²) < 4.78 is 0. The topological polar surface area (TPSA) is 15.3 Å². The Hall–Kier alpha value is -0.860. The van der Waals surface area contributed by atoms with Crippen molar-refractivity contribution in [1.82, 2.24) is 10.2 Å². The summed E-state index contributed by atoms with van der Waals surface area (Å²) in [6.45, 7) is 7.14. The van der Waals surface area contributed by atoms with Crippen molar-refractivity contribution in [3.8, 4) is 0 Å². The molecule has 2 aliphatic rings. The average Bonchev–Trinajstić information content (AvgIpc) is 2.81. The summed E-state index contributed by atoms with van der Waals surface area (Å²) in [4.78, 5) is 2.64. The second-order valence-corrected chi connectivity index (χ2v) is 5.78. The number of nitrogens with zero attached hydrogens (tertiary/aromatic N) is 1. The standard InChI is InChI=1S/C16H24N2/c1-2-13-6-3-4-7-14(13)10-18-11-15-8-5-9-17-16(15)12-18/h3-4,6-7,15-17H,2,5,8-12H2,1H3. The Kier molecular flexibility index (Phi) is 3.67. The van der Waals surface area contributed by atoms with E-state index < -0.39 is 0 Å². The van der Waals surface area contributed by atoms with E-state index in [2.05, 4.69) is 41.4 Å². The van der Waals surface area contributed by atoms with Gasteiger partial charge in [0.25, 0.3) is 0 Å². The number of piperidine rings is 1. The Morgan fingerprint density at radius 3 is 2.83 bits per heavy atom. The van der Waals surface area contributed by atoms with Gasteiger partial charge in [-0.15, -0.1) is 0 Å². The van der Waals surface area contributed by atoms with Crippen molar-refractivity contribution in [3.63, 3.8) is 0 Å². The Balaban J connectivity index is 1.66. The molecule has 1 N–H and O–H groups in total. The van der Waals surface area contributed by atoms with Crippen LogP contribution in [-0.4, -0.2) is 30.6 Å². The first-order valence-electron chi connectivity index (χ1n) is 7.39. The molecule has 0 aromatic heterocycles. The molecule has 18 heavy (non-hydrogen) atoms. The summed E-state index contributed by atoms with van der Waals surface area (Å²) >= 11 is 0. The zero-order valence-electron chi connectivity index (χ0n) is 11.4. The Morgan fingerprint density at radius 1 is 1.22 bits per heavy atom. The molecular formula is C16H24N2. The van der Waals surface area contributed by atoms with Crippen molar-refractivity contribution in [2.24, 2.45) is 5.92 Å². The van der Waals surface area contributed by atoms with E-state index in [4.69, 9.17) is 0 Å². The summed E-state index contributed by atoms with van der Waals surface area (Å²) in [6, 6.07) is 9.67. The van der Waals surface area contributed by atoms with Crippen molar-refractivity contribution in [2.45, 2.75) is 38.8 Å². The third-order valence-corrected chi connectivity index (χ3v) is 4.57. The van der Waals surface area contributed by atoms with Crippen molar-refractivity contribution in [2.75, 3.05) is 19.6 Å². The van der Waals surface area contributed by atoms with Crippen molar-refractivity contribution in [1.29, 1.82) is 0 Å². The maximum absolute atomic E-state index is 3.68. The highest BCUT2D eigenvalue weighted by molar-refractivity contribution is 5.27. The van der Waals surface area contributed by atoms with Gasteiger partial charge in [0.2, 0.25) is 0 Å². The van der Waals surface area contributed by atoms with Gasteiger partial charge in [-0.2, -0.15) is 0 Å². The van der Waals surface area contributed by atoms with Crippen LogP contribution in [0.15, 0.2) is 24.3 Å². The van der Waals surface area contributed by atoms with Crippen molar-refractivity contribution >= 4 is 0 Å². The van der Waals surface area contributed by atoms with Crippen LogP contribution < -0.4 is 5.32 Å². The van der Waals surface area contributed by atoms with Gasteiger partial charge in [-0.25, -0.2) is 0 Å². The van der Waals surface area contributed by atoms with Crippen LogP contribution in [0.4, 0.5) is 0 Å². The Bertz CT molecular complexity index is 388. The van der Waals surface area contributed by atoms with Crippen LogP contribution in [-0.2, 0) is 13.0 Å². The molecule has 2 nitrogen and oxygen atoms in total. The fourth-order valence-electron chi connectivity index (χ4n) is 3.56. The van der Waals surface area contributed by atoms with Crippen LogP contribution in [0, 0.1) is 5.92 Å². The third-order valence-electron chi connectivity index (χ3n) is 4.57. The Morgan fingerprint density at radius 2 is 2.06 bits per heavy atom. The molecule has 98 valence electrons. The molecule has 1 aromatic carbocycles. The molecule has 2 aliphatic heterocycles. The van der Waals surface area contributed by atoms with E-state index in [-0.39, 0.29) is 0 Å². The lowest BCUT2D eigenvalue weighted by Gasteiger charge is -2.24. The first-order valence-corrected chi connectivity index (χ1v) is 7.39. The normalized spacial score (nSPS) is 28.3. The third kappa shape index (κ3) is 2.45. The molecule has 0 amide bonds. The predicted octanol–water partition coefficient (Wildman–Crippen LogP) is 2.43. The fourth-order valence-corrected chi connectivity index (χ4v) is 3.56. The average molecular weight is 244 g/mol. The van der Waals surface area contributed by atoms with E-state index in [9.17, 15) is 0 Å². The van der Waals surface area contributed by atoms with Gasteiger partial charge in [0.1, 0.15) is 0 Å². The first-order chi connectivity index (χ1) is 8.86. The number of benzene rings is 1. The van der Waals surface area contributed by atoms with E-state index in [1.54, 1.807) is 0 Å². The summed E-state index contributed by atoms with van der Waals surface area (Å²) in [7, 11) is 0. The molecule has 2 heterocycles. The number of nitrogens with one attached hydrogen (secondary N) is 1. The minimum atomic E-state index is 0.757. The smallest absolute Gasteiger partial charge is 0.0237 e. The minimum absolute atomic E-state index is 0.757. The Labute approximate surface area is 110 Å². The highest BCUT2D eigenvalue weighted by atomic mass is 15.2. The minimum Gasteiger partial charge on any atom is -0.312 e. The highest BCUT2D eigenvalue weighted by Gasteiger charge is 2.33. The summed E-state index contributed by atoms with van der Waals surface area (Å²) in [5, 5.41) is 3.68. The molecule has 2 fully saturated rings. The van der Waals surface area contributed by atoms with Crippen LogP contribution in [0.5, 0.6) is 0 Å². The van der Waals surface area contributed by atoms with Crippen molar-refractivity contribution in [3.05, 3.63) is 35.4 Å². The van der Waals surface area contributed by atoms with E-state index in [0.29, 0.717) is 0 Å². The molecule has 0 spiro atoms. The lowest BCUT2D eigenvalue weighted by Crippen LogP contribution is -2.40. The van der Waals surface area contributed by atoms with Gasteiger partial charge < -0.3 is 5.32 Å². The van der Waals surface area contributed by atoms with Gasteiger partial charge in [-0.3, -0.25) is 4.90 Å². The van der Waals surface area contributed by atoms with Gasteiger partial charge in [0.05, 0.1) is 0 Å². The molecule has 3 rings (SSSR count). The highest BCUT2D eigenvalue weighted by Crippen LogP contribution is 2.26. The van der Waals surface area contributed by atoms with Gasteiger partial charge in [-0.05, 0) is 42.9 Å². The number of aryl methyl sites for hydroxylation is 1. The molecule has 0 radical (unpaired) electrons. The SMILES string of the molecule is CCc1ccccc1CN1CC2CCCNC2C1. The second-order valence-electron chi connectivity index (χ2n) is 5.78. The number of hydrogen-bond acceptors (Lipinski definition) is 2. The molecule has 2 unspecified atom stereocenters. The number of hydrogen-bond donors (Lipinski definition) is 1. The van der Waals surface area contributed by atoms with Gasteiger partial charge in [-0.1, -0.05) is 31.2 Å². The van der Waals surface area contributed by atoms with E-state index >= 15 is 0 Å². The largest absolute Gasteiger partial charge is 0.312 e.